The Morgan fingerprint density at radius 1 is 0.957 bits per heavy atom. The number of hydrogen-bond donors (Lipinski definition) is 1. The fraction of sp³-hybridized carbons (Fsp3) is 0.700. The van der Waals surface area contributed by atoms with Crippen molar-refractivity contribution in [3.05, 3.63) is 35.4 Å². The molecule has 3 rings (SSSR count). The topological polar surface area (TPSA) is 32.5 Å². The average molecular weight is 316 g/mol. The largest absolute Gasteiger partial charge is 0.330 e. The molecule has 0 bridgehead atoms. The Balaban J connectivity index is 1.50. The van der Waals surface area contributed by atoms with E-state index in [9.17, 15) is 0 Å². The summed E-state index contributed by atoms with van der Waals surface area (Å²) in [5.41, 5.74) is 8.52. The molecule has 0 amide bonds. The van der Waals surface area contributed by atoms with Crippen LogP contribution in [0.4, 0.5) is 0 Å². The molecule has 0 radical (unpaired) electrons. The Labute approximate surface area is 141 Å². The molecule has 0 unspecified atom stereocenters. The van der Waals surface area contributed by atoms with E-state index < -0.39 is 0 Å². The van der Waals surface area contributed by atoms with Crippen LogP contribution in [0, 0.1) is 5.92 Å². The second kappa shape index (κ2) is 8.81. The van der Waals surface area contributed by atoms with Gasteiger partial charge in [0, 0.05) is 19.6 Å². The Bertz CT molecular complexity index is 468. The molecule has 0 spiro atoms. The standard InChI is InChI=1S/C20H33N3/c21-10-9-18-6-4-7-19(14-18)15-23-13-5-8-20(17-23)16-22-11-2-1-3-12-22/h4,6-7,14,20H,1-3,5,8-13,15-17,21H2/t20-/m0/s1. The molecular formula is C20H33N3. The molecule has 2 aliphatic rings. The van der Waals surface area contributed by atoms with Crippen molar-refractivity contribution in [2.75, 3.05) is 39.3 Å². The summed E-state index contributed by atoms with van der Waals surface area (Å²) in [6, 6.07) is 9.01. The summed E-state index contributed by atoms with van der Waals surface area (Å²) in [5, 5.41) is 0. The third-order valence-corrected chi connectivity index (χ3v) is 5.40. The summed E-state index contributed by atoms with van der Waals surface area (Å²) in [5.74, 6) is 0.870. The second-order valence-electron chi connectivity index (χ2n) is 7.46. The van der Waals surface area contributed by atoms with E-state index in [4.69, 9.17) is 5.73 Å². The van der Waals surface area contributed by atoms with Crippen molar-refractivity contribution in [3.8, 4) is 0 Å². The van der Waals surface area contributed by atoms with Gasteiger partial charge in [-0.3, -0.25) is 4.90 Å². The average Bonchev–Trinajstić information content (AvgIpc) is 2.57. The number of hydrogen-bond acceptors (Lipinski definition) is 3. The molecule has 23 heavy (non-hydrogen) atoms. The van der Waals surface area contributed by atoms with E-state index in [2.05, 4.69) is 34.1 Å². The predicted octanol–water partition coefficient (Wildman–Crippen LogP) is 2.89. The van der Waals surface area contributed by atoms with Crippen LogP contribution < -0.4 is 5.73 Å². The van der Waals surface area contributed by atoms with E-state index in [0.29, 0.717) is 0 Å². The van der Waals surface area contributed by atoms with Gasteiger partial charge in [0.25, 0.3) is 0 Å². The van der Waals surface area contributed by atoms with Crippen molar-refractivity contribution >= 4 is 0 Å². The van der Waals surface area contributed by atoms with Gasteiger partial charge in [0.1, 0.15) is 0 Å². The van der Waals surface area contributed by atoms with Gasteiger partial charge < -0.3 is 10.6 Å². The van der Waals surface area contributed by atoms with E-state index >= 15 is 0 Å². The van der Waals surface area contributed by atoms with Gasteiger partial charge in [-0.1, -0.05) is 30.7 Å². The van der Waals surface area contributed by atoms with E-state index in [1.165, 1.54) is 76.0 Å². The molecule has 1 aromatic carbocycles. The highest BCUT2D eigenvalue weighted by Crippen LogP contribution is 2.21. The van der Waals surface area contributed by atoms with Crippen LogP contribution in [-0.4, -0.2) is 49.1 Å². The third-order valence-electron chi connectivity index (χ3n) is 5.40. The number of nitrogens with zero attached hydrogens (tertiary/aromatic N) is 2. The zero-order valence-electron chi connectivity index (χ0n) is 14.6. The summed E-state index contributed by atoms with van der Waals surface area (Å²) >= 11 is 0. The highest BCUT2D eigenvalue weighted by molar-refractivity contribution is 5.23. The van der Waals surface area contributed by atoms with Crippen molar-refractivity contribution in [2.24, 2.45) is 11.7 Å². The van der Waals surface area contributed by atoms with Crippen LogP contribution >= 0.6 is 0 Å². The number of nitrogens with two attached hydrogens (primary N) is 1. The minimum atomic E-state index is 0.741. The number of piperidine rings is 2. The normalized spacial score (nSPS) is 24.0. The van der Waals surface area contributed by atoms with E-state index in [1.807, 2.05) is 0 Å². The van der Waals surface area contributed by atoms with Gasteiger partial charge in [-0.2, -0.15) is 0 Å². The Morgan fingerprint density at radius 3 is 2.57 bits per heavy atom. The minimum Gasteiger partial charge on any atom is -0.330 e. The first-order valence-corrected chi connectivity index (χ1v) is 9.56. The molecule has 2 aliphatic heterocycles. The maximum atomic E-state index is 5.69. The first kappa shape index (κ1) is 16.9. The fourth-order valence-corrected chi connectivity index (χ4v) is 4.26. The van der Waals surface area contributed by atoms with Crippen molar-refractivity contribution in [2.45, 2.75) is 45.1 Å². The molecule has 1 atom stereocenters. The van der Waals surface area contributed by atoms with E-state index in [1.54, 1.807) is 0 Å². The van der Waals surface area contributed by atoms with E-state index in [-0.39, 0.29) is 0 Å². The molecule has 0 aliphatic carbocycles. The first-order valence-electron chi connectivity index (χ1n) is 9.56. The van der Waals surface area contributed by atoms with Crippen LogP contribution in [0.1, 0.15) is 43.2 Å². The monoisotopic (exact) mass is 315 g/mol. The molecule has 3 nitrogen and oxygen atoms in total. The van der Waals surface area contributed by atoms with Crippen molar-refractivity contribution in [3.63, 3.8) is 0 Å². The molecule has 128 valence electrons. The first-order chi connectivity index (χ1) is 11.3. The van der Waals surface area contributed by atoms with Crippen molar-refractivity contribution in [1.29, 1.82) is 0 Å². The lowest BCUT2D eigenvalue weighted by atomic mass is 9.96. The molecular weight excluding hydrogens is 282 g/mol. The van der Waals surface area contributed by atoms with Gasteiger partial charge in [0.05, 0.1) is 0 Å². The molecule has 0 saturated carbocycles. The molecule has 2 N–H and O–H groups in total. The van der Waals surface area contributed by atoms with Crippen LogP contribution in [0.5, 0.6) is 0 Å². The zero-order valence-corrected chi connectivity index (χ0v) is 14.6. The fourth-order valence-electron chi connectivity index (χ4n) is 4.26. The SMILES string of the molecule is NCCc1cccc(CN2CCC[C@@H](CN3CCCCC3)C2)c1. The summed E-state index contributed by atoms with van der Waals surface area (Å²) in [6.07, 6.45) is 8.02. The highest BCUT2D eigenvalue weighted by Gasteiger charge is 2.22. The summed E-state index contributed by atoms with van der Waals surface area (Å²) in [7, 11) is 0. The lowest BCUT2D eigenvalue weighted by Crippen LogP contribution is -2.42. The van der Waals surface area contributed by atoms with Gasteiger partial charge in [0.15, 0.2) is 0 Å². The molecule has 2 saturated heterocycles. The number of rotatable bonds is 6. The Kier molecular flexibility index (Phi) is 6.49. The van der Waals surface area contributed by atoms with Gasteiger partial charge in [0.2, 0.25) is 0 Å². The van der Waals surface area contributed by atoms with Crippen LogP contribution in [0.2, 0.25) is 0 Å². The number of likely N-dealkylation sites (tertiary alicyclic amines) is 2. The summed E-state index contributed by atoms with van der Waals surface area (Å²) < 4.78 is 0. The third kappa shape index (κ3) is 5.30. The zero-order chi connectivity index (χ0) is 15.9. The molecule has 3 heteroatoms. The van der Waals surface area contributed by atoms with Crippen LogP contribution in [0.25, 0.3) is 0 Å². The quantitative estimate of drug-likeness (QED) is 0.876. The minimum absolute atomic E-state index is 0.741. The lowest BCUT2D eigenvalue weighted by Gasteiger charge is -2.37. The molecule has 1 aromatic rings. The lowest BCUT2D eigenvalue weighted by molar-refractivity contribution is 0.118. The molecule has 2 fully saturated rings. The van der Waals surface area contributed by atoms with E-state index in [0.717, 1.165) is 25.4 Å². The smallest absolute Gasteiger partial charge is 0.0233 e. The summed E-state index contributed by atoms with van der Waals surface area (Å²) in [4.78, 5) is 5.37. The van der Waals surface area contributed by atoms with Gasteiger partial charge in [-0.25, -0.2) is 0 Å². The van der Waals surface area contributed by atoms with Gasteiger partial charge in [-0.05, 0) is 75.3 Å². The molecule has 2 heterocycles. The van der Waals surface area contributed by atoms with Crippen LogP contribution in [0.3, 0.4) is 0 Å². The Hall–Kier alpha value is -0.900. The Morgan fingerprint density at radius 2 is 1.74 bits per heavy atom. The highest BCUT2D eigenvalue weighted by atomic mass is 15.2. The van der Waals surface area contributed by atoms with Crippen molar-refractivity contribution in [1.82, 2.24) is 9.80 Å². The van der Waals surface area contributed by atoms with Crippen LogP contribution in [0.15, 0.2) is 24.3 Å². The van der Waals surface area contributed by atoms with Gasteiger partial charge >= 0.3 is 0 Å². The summed E-state index contributed by atoms with van der Waals surface area (Å²) in [6.45, 7) is 8.37. The van der Waals surface area contributed by atoms with Crippen molar-refractivity contribution < 1.29 is 0 Å². The maximum absolute atomic E-state index is 5.69. The molecule has 0 aromatic heterocycles. The van der Waals surface area contributed by atoms with Gasteiger partial charge in [-0.15, -0.1) is 0 Å². The number of benzene rings is 1. The second-order valence-corrected chi connectivity index (χ2v) is 7.46. The maximum Gasteiger partial charge on any atom is 0.0233 e. The van der Waals surface area contributed by atoms with Crippen LogP contribution in [-0.2, 0) is 13.0 Å². The predicted molar refractivity (Wildman–Crippen MR) is 97.5 cm³/mol.